The second-order valence-corrected chi connectivity index (χ2v) is 7.81. The lowest BCUT2D eigenvalue weighted by atomic mass is 10.4. The van der Waals surface area contributed by atoms with Crippen LogP contribution in [0, 0.1) is 0 Å². The summed E-state index contributed by atoms with van der Waals surface area (Å²) >= 11 is 1.44. The molecule has 0 N–H and O–H groups in total. The van der Waals surface area contributed by atoms with E-state index >= 15 is 0 Å². The first-order valence-corrected chi connectivity index (χ1v) is 8.90. The summed E-state index contributed by atoms with van der Waals surface area (Å²) in [6, 6.07) is 0. The summed E-state index contributed by atoms with van der Waals surface area (Å²) in [6.45, 7) is 4.42. The molecule has 1 aliphatic rings. The third-order valence-electron chi connectivity index (χ3n) is 2.68. The Morgan fingerprint density at radius 2 is 2.22 bits per heavy atom. The van der Waals surface area contributed by atoms with Gasteiger partial charge in [-0.2, -0.15) is 0 Å². The van der Waals surface area contributed by atoms with Gasteiger partial charge in [0, 0.05) is 24.5 Å². The maximum absolute atomic E-state index is 11.1. The number of aromatic nitrogens is 3. The molecule has 0 unspecified atom stereocenters. The van der Waals surface area contributed by atoms with Gasteiger partial charge in [0.15, 0.2) is 5.16 Å². The number of thioether (sulfide) groups is 1. The summed E-state index contributed by atoms with van der Waals surface area (Å²) in [5, 5.41) is 9.15. The normalized spacial score (nSPS) is 15.8. The molecular formula is C11H17N3O2S2. The second kappa shape index (κ2) is 5.44. The van der Waals surface area contributed by atoms with Crippen molar-refractivity contribution in [2.75, 3.05) is 17.8 Å². The zero-order chi connectivity index (χ0) is 13.2. The minimum atomic E-state index is -2.92. The standard InChI is InChI=1S/C11H17N3O2S2/c1-3-6-14-10(9-4-5-9)12-13-11(14)17-7-8-18(2,15)16/h3,9H,1,4-8H2,2H3. The summed E-state index contributed by atoms with van der Waals surface area (Å²) in [5.74, 6) is 2.22. The fourth-order valence-electron chi connectivity index (χ4n) is 1.64. The van der Waals surface area contributed by atoms with Crippen molar-refractivity contribution in [3.05, 3.63) is 18.5 Å². The van der Waals surface area contributed by atoms with Crippen LogP contribution in [-0.2, 0) is 16.4 Å². The lowest BCUT2D eigenvalue weighted by Crippen LogP contribution is -2.07. The van der Waals surface area contributed by atoms with E-state index in [2.05, 4.69) is 16.8 Å². The van der Waals surface area contributed by atoms with E-state index < -0.39 is 9.84 Å². The van der Waals surface area contributed by atoms with Gasteiger partial charge in [-0.05, 0) is 12.8 Å². The van der Waals surface area contributed by atoms with Crippen molar-refractivity contribution in [1.82, 2.24) is 14.8 Å². The highest BCUT2D eigenvalue weighted by atomic mass is 32.2. The SMILES string of the molecule is C=CCn1c(SCCS(C)(=O)=O)nnc1C1CC1. The Morgan fingerprint density at radius 3 is 2.78 bits per heavy atom. The predicted octanol–water partition coefficient (Wildman–Crippen LogP) is 1.48. The highest BCUT2D eigenvalue weighted by molar-refractivity contribution is 8.00. The van der Waals surface area contributed by atoms with Crippen LogP contribution in [-0.4, -0.2) is 40.9 Å². The number of allylic oxidation sites excluding steroid dienone is 1. The van der Waals surface area contributed by atoms with Gasteiger partial charge in [0.25, 0.3) is 0 Å². The van der Waals surface area contributed by atoms with E-state index in [0.29, 0.717) is 18.2 Å². The number of hydrogen-bond acceptors (Lipinski definition) is 5. The Labute approximate surface area is 112 Å². The van der Waals surface area contributed by atoms with Gasteiger partial charge in [0.05, 0.1) is 5.75 Å². The van der Waals surface area contributed by atoms with E-state index in [0.717, 1.165) is 11.0 Å². The van der Waals surface area contributed by atoms with Gasteiger partial charge in [-0.1, -0.05) is 17.8 Å². The molecule has 0 aliphatic heterocycles. The molecule has 0 atom stereocenters. The highest BCUT2D eigenvalue weighted by Gasteiger charge is 2.30. The molecule has 1 aromatic heterocycles. The van der Waals surface area contributed by atoms with Crippen LogP contribution in [0.1, 0.15) is 24.6 Å². The quantitative estimate of drug-likeness (QED) is 0.561. The molecule has 0 spiro atoms. The van der Waals surface area contributed by atoms with Gasteiger partial charge in [-0.3, -0.25) is 0 Å². The monoisotopic (exact) mass is 287 g/mol. The summed E-state index contributed by atoms with van der Waals surface area (Å²) in [7, 11) is -2.92. The first-order valence-electron chi connectivity index (χ1n) is 5.86. The second-order valence-electron chi connectivity index (χ2n) is 4.49. The maximum atomic E-state index is 11.1. The zero-order valence-electron chi connectivity index (χ0n) is 10.4. The smallest absolute Gasteiger partial charge is 0.191 e. The van der Waals surface area contributed by atoms with Gasteiger partial charge in [0.1, 0.15) is 15.7 Å². The van der Waals surface area contributed by atoms with Crippen LogP contribution in [0.5, 0.6) is 0 Å². The van der Waals surface area contributed by atoms with Gasteiger partial charge < -0.3 is 4.57 Å². The average molecular weight is 287 g/mol. The lowest BCUT2D eigenvalue weighted by molar-refractivity contribution is 0.603. The Bertz CT molecular complexity index is 532. The van der Waals surface area contributed by atoms with Gasteiger partial charge in [-0.15, -0.1) is 16.8 Å². The first-order chi connectivity index (χ1) is 8.51. The predicted molar refractivity (Wildman–Crippen MR) is 72.6 cm³/mol. The highest BCUT2D eigenvalue weighted by Crippen LogP contribution is 2.39. The molecule has 0 aromatic carbocycles. The van der Waals surface area contributed by atoms with Crippen molar-refractivity contribution >= 4 is 21.6 Å². The van der Waals surface area contributed by atoms with Crippen molar-refractivity contribution in [3.63, 3.8) is 0 Å². The molecule has 1 fully saturated rings. The Balaban J connectivity index is 2.05. The summed E-state index contributed by atoms with van der Waals surface area (Å²) in [6.07, 6.45) is 5.40. The fourth-order valence-corrected chi connectivity index (χ4v) is 3.78. The van der Waals surface area contributed by atoms with E-state index in [1.807, 2.05) is 10.6 Å². The van der Waals surface area contributed by atoms with E-state index in [-0.39, 0.29) is 5.75 Å². The molecule has 1 saturated carbocycles. The van der Waals surface area contributed by atoms with Gasteiger partial charge in [-0.25, -0.2) is 8.42 Å². The average Bonchev–Trinajstić information content (AvgIpc) is 3.03. The number of nitrogens with zero attached hydrogens (tertiary/aromatic N) is 3. The van der Waals surface area contributed by atoms with Crippen LogP contribution in [0.15, 0.2) is 17.8 Å². The minimum Gasteiger partial charge on any atom is -0.302 e. The van der Waals surface area contributed by atoms with Crippen molar-refractivity contribution in [2.24, 2.45) is 0 Å². The Morgan fingerprint density at radius 1 is 1.50 bits per heavy atom. The van der Waals surface area contributed by atoms with E-state index in [1.54, 1.807) is 0 Å². The maximum Gasteiger partial charge on any atom is 0.191 e. The van der Waals surface area contributed by atoms with Crippen LogP contribution < -0.4 is 0 Å². The largest absolute Gasteiger partial charge is 0.302 e. The molecule has 2 rings (SSSR count). The van der Waals surface area contributed by atoms with Crippen LogP contribution >= 0.6 is 11.8 Å². The van der Waals surface area contributed by atoms with E-state index in [4.69, 9.17) is 0 Å². The molecule has 100 valence electrons. The molecule has 5 nitrogen and oxygen atoms in total. The molecule has 1 aromatic rings. The minimum absolute atomic E-state index is 0.164. The van der Waals surface area contributed by atoms with E-state index in [1.165, 1.54) is 30.9 Å². The van der Waals surface area contributed by atoms with Gasteiger partial charge >= 0.3 is 0 Å². The fraction of sp³-hybridized carbons (Fsp3) is 0.636. The molecule has 7 heteroatoms. The molecule has 1 aliphatic carbocycles. The van der Waals surface area contributed by atoms with Crippen LogP contribution in [0.4, 0.5) is 0 Å². The number of sulfone groups is 1. The Kier molecular flexibility index (Phi) is 4.11. The molecule has 1 heterocycles. The van der Waals surface area contributed by atoms with Crippen molar-refractivity contribution in [3.8, 4) is 0 Å². The number of hydrogen-bond donors (Lipinski definition) is 0. The van der Waals surface area contributed by atoms with Crippen molar-refractivity contribution < 1.29 is 8.42 Å². The summed E-state index contributed by atoms with van der Waals surface area (Å²) < 4.78 is 24.2. The third kappa shape index (κ3) is 3.58. The summed E-state index contributed by atoms with van der Waals surface area (Å²) in [5.41, 5.74) is 0. The van der Waals surface area contributed by atoms with E-state index in [9.17, 15) is 8.42 Å². The van der Waals surface area contributed by atoms with Crippen molar-refractivity contribution in [2.45, 2.75) is 30.5 Å². The first kappa shape index (κ1) is 13.6. The van der Waals surface area contributed by atoms with Crippen LogP contribution in [0.2, 0.25) is 0 Å². The molecule has 18 heavy (non-hydrogen) atoms. The molecule has 0 saturated heterocycles. The molecule has 0 radical (unpaired) electrons. The topological polar surface area (TPSA) is 64.8 Å². The number of rotatable bonds is 7. The van der Waals surface area contributed by atoms with Gasteiger partial charge in [0.2, 0.25) is 0 Å². The van der Waals surface area contributed by atoms with Crippen LogP contribution in [0.25, 0.3) is 0 Å². The lowest BCUT2D eigenvalue weighted by Gasteiger charge is -2.06. The zero-order valence-corrected chi connectivity index (χ0v) is 12.0. The van der Waals surface area contributed by atoms with Crippen LogP contribution in [0.3, 0.4) is 0 Å². The molecule has 0 bridgehead atoms. The van der Waals surface area contributed by atoms with Crippen molar-refractivity contribution in [1.29, 1.82) is 0 Å². The molecular weight excluding hydrogens is 270 g/mol. The Hall–Kier alpha value is -0.820. The third-order valence-corrected chi connectivity index (χ3v) is 4.86. The molecule has 0 amide bonds. The summed E-state index contributed by atoms with van der Waals surface area (Å²) in [4.78, 5) is 0.